The molecule has 0 unspecified atom stereocenters. The topological polar surface area (TPSA) is 3.24 Å². The number of nitrogens with zero attached hydrogens (tertiary/aromatic N) is 1. The summed E-state index contributed by atoms with van der Waals surface area (Å²) in [4.78, 5) is 2.44. The van der Waals surface area contributed by atoms with E-state index >= 15 is 0 Å². The summed E-state index contributed by atoms with van der Waals surface area (Å²) >= 11 is 0. The maximum Gasteiger partial charge on any atom is 0.0502 e. The summed E-state index contributed by atoms with van der Waals surface area (Å²) in [5, 5.41) is 5.13. The van der Waals surface area contributed by atoms with Gasteiger partial charge in [-0.05, 0) is 121 Å². The Morgan fingerprint density at radius 1 is 0.405 bits per heavy atom. The predicted octanol–water partition coefficient (Wildman–Crippen LogP) is 11.4. The molecule has 9 rings (SSSR count). The Bertz CT molecular complexity index is 2170. The van der Waals surface area contributed by atoms with Crippen LogP contribution >= 0.6 is 0 Å². The first-order valence-electron chi connectivity index (χ1n) is 14.8. The smallest absolute Gasteiger partial charge is 0.0502 e. The highest BCUT2D eigenvalue weighted by Crippen LogP contribution is 2.53. The maximum atomic E-state index is 2.44. The first-order chi connectivity index (χ1) is 20.6. The van der Waals surface area contributed by atoms with Gasteiger partial charge in [0.1, 0.15) is 0 Å². The van der Waals surface area contributed by atoms with Crippen molar-refractivity contribution in [3.63, 3.8) is 0 Å². The molecule has 1 nitrogen and oxygen atoms in total. The normalized spacial score (nSPS) is 14.1. The van der Waals surface area contributed by atoms with Gasteiger partial charge in [-0.1, -0.05) is 98.8 Å². The van der Waals surface area contributed by atoms with Gasteiger partial charge in [0.2, 0.25) is 0 Å². The minimum absolute atomic E-state index is 0.0578. The summed E-state index contributed by atoms with van der Waals surface area (Å²) in [6.07, 6.45) is 0. The third-order valence-electron chi connectivity index (χ3n) is 9.52. The standard InChI is InChI=1S/C41H29N/c1-41(2)37-12-6-8-14-39(37)42(40-15-9-7-13-38(40)41)32-19-18-29-23-34-35-24-30-20-27(26-10-4-3-5-11-26)16-17-28(30)22-33(35)36(34)25-31(29)21-32/h3-25H,1-2H3. The summed E-state index contributed by atoms with van der Waals surface area (Å²) < 4.78 is 0. The molecule has 0 N–H and O–H groups in total. The van der Waals surface area contributed by atoms with E-state index in [0.717, 1.165) is 0 Å². The fraction of sp³-hybridized carbons (Fsp3) is 0.0732. The van der Waals surface area contributed by atoms with Gasteiger partial charge in [-0.25, -0.2) is 0 Å². The van der Waals surface area contributed by atoms with Gasteiger partial charge in [0, 0.05) is 11.1 Å². The molecule has 1 heteroatoms. The van der Waals surface area contributed by atoms with E-state index in [1.807, 2.05) is 0 Å². The largest absolute Gasteiger partial charge is 0.310 e. The van der Waals surface area contributed by atoms with E-state index < -0.39 is 0 Å². The molecule has 0 amide bonds. The van der Waals surface area contributed by atoms with Gasteiger partial charge in [-0.3, -0.25) is 0 Å². The van der Waals surface area contributed by atoms with Crippen LogP contribution in [0.25, 0.3) is 54.9 Å². The molecule has 42 heavy (non-hydrogen) atoms. The molecule has 0 fully saturated rings. The van der Waals surface area contributed by atoms with Gasteiger partial charge in [0.05, 0.1) is 11.4 Å². The van der Waals surface area contributed by atoms with Crippen LogP contribution in [-0.2, 0) is 5.41 Å². The highest BCUT2D eigenvalue weighted by atomic mass is 15.2. The van der Waals surface area contributed by atoms with Crippen molar-refractivity contribution in [3.05, 3.63) is 151 Å². The first kappa shape index (κ1) is 23.6. The van der Waals surface area contributed by atoms with E-state index in [1.54, 1.807) is 0 Å². The van der Waals surface area contributed by atoms with Crippen LogP contribution in [0, 0.1) is 0 Å². The van der Waals surface area contributed by atoms with Crippen molar-refractivity contribution in [2.24, 2.45) is 0 Å². The quantitative estimate of drug-likeness (QED) is 0.213. The molecule has 0 atom stereocenters. The van der Waals surface area contributed by atoms with Crippen LogP contribution < -0.4 is 4.90 Å². The zero-order chi connectivity index (χ0) is 28.0. The van der Waals surface area contributed by atoms with E-state index in [9.17, 15) is 0 Å². The number of para-hydroxylation sites is 2. The van der Waals surface area contributed by atoms with Crippen LogP contribution in [0.15, 0.2) is 140 Å². The lowest BCUT2D eigenvalue weighted by Gasteiger charge is -2.42. The Kier molecular flexibility index (Phi) is 4.73. The number of hydrogen-bond acceptors (Lipinski definition) is 1. The van der Waals surface area contributed by atoms with Crippen LogP contribution in [0.3, 0.4) is 0 Å². The van der Waals surface area contributed by atoms with Gasteiger partial charge in [0.15, 0.2) is 0 Å². The molecule has 1 aliphatic heterocycles. The lowest BCUT2D eigenvalue weighted by atomic mass is 9.73. The van der Waals surface area contributed by atoms with Gasteiger partial charge in [-0.15, -0.1) is 0 Å². The molecule has 0 saturated carbocycles. The highest BCUT2D eigenvalue weighted by molar-refractivity contribution is 6.12. The average molecular weight is 536 g/mol. The lowest BCUT2D eigenvalue weighted by molar-refractivity contribution is 0.632. The fourth-order valence-electron chi connectivity index (χ4n) is 7.31. The van der Waals surface area contributed by atoms with Crippen molar-refractivity contribution in [1.82, 2.24) is 0 Å². The zero-order valence-corrected chi connectivity index (χ0v) is 23.7. The molecule has 2 aliphatic rings. The van der Waals surface area contributed by atoms with Gasteiger partial charge in [-0.2, -0.15) is 0 Å². The van der Waals surface area contributed by atoms with Crippen molar-refractivity contribution in [3.8, 4) is 33.4 Å². The van der Waals surface area contributed by atoms with Crippen molar-refractivity contribution in [2.75, 3.05) is 4.90 Å². The Balaban J connectivity index is 1.16. The van der Waals surface area contributed by atoms with E-state index in [-0.39, 0.29) is 5.41 Å². The molecular formula is C41H29N. The van der Waals surface area contributed by atoms with Crippen molar-refractivity contribution in [1.29, 1.82) is 0 Å². The summed E-state index contributed by atoms with van der Waals surface area (Å²) in [7, 11) is 0. The molecule has 0 spiro atoms. The molecule has 0 saturated heterocycles. The molecule has 1 heterocycles. The first-order valence-corrected chi connectivity index (χ1v) is 14.8. The van der Waals surface area contributed by atoms with Crippen LogP contribution in [0.4, 0.5) is 17.1 Å². The SMILES string of the molecule is CC1(C)c2ccccc2N(c2ccc3cc4c(cc3c2)-c2cc3ccc(-c5ccccc5)cc3cc2-4)c2ccccc21. The molecule has 7 aromatic carbocycles. The van der Waals surface area contributed by atoms with Crippen molar-refractivity contribution < 1.29 is 0 Å². The van der Waals surface area contributed by atoms with E-state index in [1.165, 1.54) is 83.1 Å². The lowest BCUT2D eigenvalue weighted by Crippen LogP contribution is -2.30. The van der Waals surface area contributed by atoms with Gasteiger partial charge >= 0.3 is 0 Å². The molecule has 0 bridgehead atoms. The van der Waals surface area contributed by atoms with E-state index in [0.29, 0.717) is 0 Å². The monoisotopic (exact) mass is 535 g/mol. The second kappa shape index (κ2) is 8.44. The number of anilines is 3. The molecule has 0 radical (unpaired) electrons. The Hall–Kier alpha value is -5.14. The minimum atomic E-state index is -0.0578. The molecule has 198 valence electrons. The average Bonchev–Trinajstić information content (AvgIpc) is 3.03. The minimum Gasteiger partial charge on any atom is -0.310 e. The molecule has 7 aromatic rings. The van der Waals surface area contributed by atoms with Crippen LogP contribution in [-0.4, -0.2) is 0 Å². The predicted molar refractivity (Wildman–Crippen MR) is 178 cm³/mol. The highest BCUT2D eigenvalue weighted by Gasteiger charge is 2.36. The Morgan fingerprint density at radius 2 is 0.905 bits per heavy atom. The molecular weight excluding hydrogens is 506 g/mol. The third kappa shape index (κ3) is 3.25. The second-order valence-electron chi connectivity index (χ2n) is 12.2. The van der Waals surface area contributed by atoms with Gasteiger partial charge < -0.3 is 4.90 Å². The van der Waals surface area contributed by atoms with Crippen molar-refractivity contribution in [2.45, 2.75) is 19.3 Å². The second-order valence-corrected chi connectivity index (χ2v) is 12.2. The van der Waals surface area contributed by atoms with Crippen LogP contribution in [0.2, 0.25) is 0 Å². The summed E-state index contributed by atoms with van der Waals surface area (Å²) in [6, 6.07) is 51.7. The zero-order valence-electron chi connectivity index (χ0n) is 23.7. The van der Waals surface area contributed by atoms with E-state index in [4.69, 9.17) is 0 Å². The fourth-order valence-corrected chi connectivity index (χ4v) is 7.31. The Morgan fingerprint density at radius 3 is 1.52 bits per heavy atom. The summed E-state index contributed by atoms with van der Waals surface area (Å²) in [5.74, 6) is 0. The third-order valence-corrected chi connectivity index (χ3v) is 9.52. The summed E-state index contributed by atoms with van der Waals surface area (Å²) in [6.45, 7) is 4.68. The van der Waals surface area contributed by atoms with E-state index in [2.05, 4.69) is 158 Å². The number of rotatable bonds is 2. The maximum absolute atomic E-state index is 2.44. The molecule has 1 aliphatic carbocycles. The van der Waals surface area contributed by atoms with Crippen LogP contribution in [0.1, 0.15) is 25.0 Å². The molecule has 0 aromatic heterocycles. The van der Waals surface area contributed by atoms with Crippen LogP contribution in [0.5, 0.6) is 0 Å². The number of hydrogen-bond donors (Lipinski definition) is 0. The van der Waals surface area contributed by atoms with Crippen molar-refractivity contribution >= 4 is 38.6 Å². The number of benzene rings is 7. The summed E-state index contributed by atoms with van der Waals surface area (Å²) in [5.41, 5.74) is 14.3. The number of fused-ring (bicyclic) bond motifs is 8. The Labute approximate surface area is 246 Å². The van der Waals surface area contributed by atoms with Gasteiger partial charge in [0.25, 0.3) is 0 Å².